The predicted octanol–water partition coefficient (Wildman–Crippen LogP) is 8.48. The van der Waals surface area contributed by atoms with E-state index in [1.54, 1.807) is 23.1 Å². The Labute approximate surface area is 317 Å². The number of likely N-dealkylation sites (tertiary alicyclic amines) is 1. The molecule has 5 aromatic rings. The van der Waals surface area contributed by atoms with Gasteiger partial charge in [0.15, 0.2) is 17.3 Å². The number of alkyl halides is 3. The Morgan fingerprint density at radius 1 is 1.17 bits per heavy atom. The van der Waals surface area contributed by atoms with Crippen LogP contribution in [0.4, 0.5) is 17.6 Å². The highest BCUT2D eigenvalue weighted by Crippen LogP contribution is 2.51. The number of aromatic nitrogens is 4. The van der Waals surface area contributed by atoms with Crippen LogP contribution in [0.15, 0.2) is 36.5 Å². The number of fused-ring (bicyclic) bond motifs is 4. The summed E-state index contributed by atoms with van der Waals surface area (Å²) in [7, 11) is 1.22. The molecule has 0 spiro atoms. The molecule has 3 saturated heterocycles. The van der Waals surface area contributed by atoms with Crippen LogP contribution < -0.4 is 10.1 Å². The molecule has 3 aromatic heterocycles. The average Bonchev–Trinajstić information content (AvgIpc) is 3.52. The number of hydrogen-bond donors (Lipinski definition) is 1. The number of ether oxygens (including phenoxy) is 1. The van der Waals surface area contributed by atoms with Crippen molar-refractivity contribution in [3.8, 4) is 22.9 Å². The summed E-state index contributed by atoms with van der Waals surface area (Å²) in [5.74, 6) is -0.861. The summed E-state index contributed by atoms with van der Waals surface area (Å²) in [6, 6.07) is 10.7. The molecule has 9 nitrogen and oxygen atoms in total. The van der Waals surface area contributed by atoms with Crippen molar-refractivity contribution in [2.75, 3.05) is 13.1 Å². The normalized spacial score (nSPS) is 23.7. The molecule has 2 bridgehead atoms. The maximum absolute atomic E-state index is 17.2. The highest BCUT2D eigenvalue weighted by atomic mass is 35.5. The van der Waals surface area contributed by atoms with Gasteiger partial charge in [-0.25, -0.2) is 9.37 Å². The number of hydrogen-bond acceptors (Lipinski definition) is 6. The number of rotatable bonds is 8. The third-order valence-electron chi connectivity index (χ3n) is 11.7. The number of benzene rings is 2. The van der Waals surface area contributed by atoms with Gasteiger partial charge < -0.3 is 19.5 Å². The molecule has 3 aliphatic heterocycles. The maximum atomic E-state index is 17.2. The third-order valence-corrected chi connectivity index (χ3v) is 12.5. The Balaban J connectivity index is 1.24. The summed E-state index contributed by atoms with van der Waals surface area (Å²) in [5, 5.41) is 18.8. The zero-order valence-electron chi connectivity index (χ0n) is 29.4. The SMILES string of the molecule is Cc1nc2c(F)c(-c3cccc(Cl)c3Cl)c(CCC#N)cc2c2c1cc(C1CC(Oc3cnn(C)c3C(F)(F)F)CN1C(=O)C1CC1)n2C1C2CNC1C2. The number of carbonyl (C=O) groups is 1. The summed E-state index contributed by atoms with van der Waals surface area (Å²) in [6.07, 6.45) is -1.24. The fourth-order valence-electron chi connectivity index (χ4n) is 9.08. The van der Waals surface area contributed by atoms with E-state index in [0.717, 1.165) is 53.3 Å². The lowest BCUT2D eigenvalue weighted by Crippen LogP contribution is -2.41. The van der Waals surface area contributed by atoms with Crippen LogP contribution >= 0.6 is 23.2 Å². The summed E-state index contributed by atoms with van der Waals surface area (Å²) in [5.41, 5.74) is 2.55. The summed E-state index contributed by atoms with van der Waals surface area (Å²) in [4.78, 5) is 20.6. The van der Waals surface area contributed by atoms with Crippen molar-refractivity contribution in [2.45, 2.75) is 75.9 Å². The van der Waals surface area contributed by atoms with Crippen LogP contribution in [0.1, 0.15) is 66.8 Å². The molecule has 54 heavy (non-hydrogen) atoms. The molecule has 2 aliphatic carbocycles. The number of aryl methyl sites for hydroxylation is 3. The lowest BCUT2D eigenvalue weighted by molar-refractivity contribution is -0.145. The van der Waals surface area contributed by atoms with Crippen LogP contribution in [0.25, 0.3) is 32.9 Å². The summed E-state index contributed by atoms with van der Waals surface area (Å²) < 4.78 is 68.4. The molecule has 10 rings (SSSR count). The maximum Gasteiger partial charge on any atom is 0.436 e. The molecule has 0 radical (unpaired) electrons. The molecule has 1 amide bonds. The number of halogens is 6. The van der Waals surface area contributed by atoms with Crippen molar-refractivity contribution in [2.24, 2.45) is 18.9 Å². The molecule has 5 aliphatic rings. The van der Waals surface area contributed by atoms with Crippen molar-refractivity contribution < 1.29 is 27.1 Å². The van der Waals surface area contributed by atoms with Crippen LogP contribution in [0.5, 0.6) is 5.75 Å². The monoisotopic (exact) mass is 779 g/mol. The molecule has 6 heterocycles. The summed E-state index contributed by atoms with van der Waals surface area (Å²) in [6.45, 7) is 2.74. The Kier molecular flexibility index (Phi) is 8.41. The first kappa shape index (κ1) is 35.3. The van der Waals surface area contributed by atoms with E-state index in [0.29, 0.717) is 22.2 Å². The molecular weight excluding hydrogens is 745 g/mol. The van der Waals surface area contributed by atoms with E-state index in [1.807, 2.05) is 19.1 Å². The Morgan fingerprint density at radius 3 is 2.65 bits per heavy atom. The molecule has 1 N–H and O–H groups in total. The second-order valence-corrected chi connectivity index (χ2v) is 15.8. The van der Waals surface area contributed by atoms with E-state index in [4.69, 9.17) is 32.9 Å². The highest BCUT2D eigenvalue weighted by Gasteiger charge is 2.51. The van der Waals surface area contributed by atoms with Crippen molar-refractivity contribution in [1.82, 2.24) is 29.5 Å². The standard InChI is InChI=1S/C39H35Cl2F4N7O2/c1-18-24-14-29(28-13-22(17-51(28)38(53)19-8-9-19)54-30-16-48-50(2)37(30)39(43,44)45)52(35-21-12-27(35)47-15-21)36(24)25-11-20(5-4-10-46)31(33(42)34(25)49-18)23-6-3-7-26(40)32(23)41/h3,6-7,11,14,16,19,21-22,27-28,35,47H,4-5,8-9,12-13,15,17H2,1-2H3. The molecule has 2 aromatic carbocycles. The smallest absolute Gasteiger partial charge is 0.436 e. The van der Waals surface area contributed by atoms with Crippen LogP contribution in [-0.2, 0) is 24.4 Å². The van der Waals surface area contributed by atoms with Gasteiger partial charge >= 0.3 is 6.18 Å². The number of carbonyl (C=O) groups excluding carboxylic acids is 1. The molecular formula is C39H35Cl2F4N7O2. The van der Waals surface area contributed by atoms with Gasteiger partial charge in [-0.2, -0.15) is 23.5 Å². The van der Waals surface area contributed by atoms with Crippen molar-refractivity contribution in [1.29, 1.82) is 5.26 Å². The van der Waals surface area contributed by atoms with Gasteiger partial charge in [-0.3, -0.25) is 9.48 Å². The van der Waals surface area contributed by atoms with E-state index in [9.17, 15) is 23.2 Å². The van der Waals surface area contributed by atoms with E-state index >= 15 is 4.39 Å². The minimum absolute atomic E-state index is 0.0110. The van der Waals surface area contributed by atoms with E-state index in [-0.39, 0.29) is 82.5 Å². The predicted molar refractivity (Wildman–Crippen MR) is 195 cm³/mol. The first-order valence-corrected chi connectivity index (χ1v) is 18.9. The van der Waals surface area contributed by atoms with E-state index < -0.39 is 29.8 Å². The molecule has 5 unspecified atom stereocenters. The number of nitrogens with zero attached hydrogens (tertiary/aromatic N) is 6. The van der Waals surface area contributed by atoms with Crippen LogP contribution in [0.2, 0.25) is 10.0 Å². The van der Waals surface area contributed by atoms with Crippen molar-refractivity contribution >= 4 is 50.9 Å². The second-order valence-electron chi connectivity index (χ2n) is 15.0. The average molecular weight is 781 g/mol. The molecule has 5 fully saturated rings. The first-order valence-electron chi connectivity index (χ1n) is 18.1. The van der Waals surface area contributed by atoms with Crippen LogP contribution in [0, 0.1) is 35.9 Å². The van der Waals surface area contributed by atoms with E-state index in [2.05, 4.69) is 21.1 Å². The number of nitriles is 1. The zero-order chi connectivity index (χ0) is 37.8. The Hall–Kier alpha value is -4.38. The zero-order valence-corrected chi connectivity index (χ0v) is 30.9. The van der Waals surface area contributed by atoms with Gasteiger partial charge in [-0.15, -0.1) is 0 Å². The first-order chi connectivity index (χ1) is 25.8. The fraction of sp³-hybridized carbons (Fsp3) is 0.436. The van der Waals surface area contributed by atoms with Crippen molar-refractivity contribution in [3.63, 3.8) is 0 Å². The van der Waals surface area contributed by atoms with Crippen molar-refractivity contribution in [3.05, 3.63) is 75.0 Å². The van der Waals surface area contributed by atoms with Gasteiger partial charge in [0.25, 0.3) is 0 Å². The topological polar surface area (TPSA) is 101 Å². The number of nitrogens with one attached hydrogen (secondary N) is 1. The highest BCUT2D eigenvalue weighted by molar-refractivity contribution is 6.43. The largest absolute Gasteiger partial charge is 0.485 e. The molecule has 5 atom stereocenters. The molecule has 2 saturated carbocycles. The Bertz CT molecular complexity index is 2400. The second kappa shape index (κ2) is 12.9. The quantitative estimate of drug-likeness (QED) is 0.159. The third kappa shape index (κ3) is 5.55. The lowest BCUT2D eigenvalue weighted by Gasteiger charge is -2.39. The summed E-state index contributed by atoms with van der Waals surface area (Å²) >= 11 is 13.0. The van der Waals surface area contributed by atoms with Gasteiger partial charge in [0, 0.05) is 71.7 Å². The fourth-order valence-corrected chi connectivity index (χ4v) is 9.47. The van der Waals surface area contributed by atoms with Gasteiger partial charge in [-0.05, 0) is 62.3 Å². The van der Waals surface area contributed by atoms with Gasteiger partial charge in [0.05, 0.1) is 46.5 Å². The van der Waals surface area contributed by atoms with Gasteiger partial charge in [-0.1, -0.05) is 35.3 Å². The van der Waals surface area contributed by atoms with Gasteiger partial charge in [0.2, 0.25) is 5.91 Å². The minimum atomic E-state index is -4.68. The van der Waals surface area contributed by atoms with E-state index in [1.165, 1.54) is 7.05 Å². The van der Waals surface area contributed by atoms with Crippen LogP contribution in [-0.4, -0.2) is 55.4 Å². The molecule has 280 valence electrons. The number of pyridine rings is 1. The van der Waals surface area contributed by atoms with Gasteiger partial charge in [0.1, 0.15) is 11.6 Å². The number of amides is 1. The Morgan fingerprint density at radius 2 is 1.96 bits per heavy atom. The lowest BCUT2D eigenvalue weighted by atomic mass is 9.79. The van der Waals surface area contributed by atoms with Crippen LogP contribution in [0.3, 0.4) is 0 Å². The minimum Gasteiger partial charge on any atom is -0.485 e. The molecule has 15 heteroatoms.